The fourth-order valence-electron chi connectivity index (χ4n) is 2.88. The molecule has 1 saturated carbocycles. The highest BCUT2D eigenvalue weighted by molar-refractivity contribution is 5.97. The molecular formula is C14H22N2O2. The molecule has 3 N–H and O–H groups in total. The molecule has 2 atom stereocenters. The second-order valence-corrected chi connectivity index (χ2v) is 5.22. The van der Waals surface area contributed by atoms with Crippen molar-refractivity contribution in [3.63, 3.8) is 0 Å². The Kier molecular flexibility index (Phi) is 3.76. The molecule has 4 nitrogen and oxygen atoms in total. The highest BCUT2D eigenvalue weighted by Crippen LogP contribution is 2.26. The van der Waals surface area contributed by atoms with Gasteiger partial charge >= 0.3 is 0 Å². The highest BCUT2D eigenvalue weighted by Gasteiger charge is 2.29. The molecular weight excluding hydrogens is 228 g/mol. The fraction of sp³-hybridized carbons (Fsp3) is 0.643. The number of rotatable bonds is 3. The van der Waals surface area contributed by atoms with Gasteiger partial charge in [0, 0.05) is 11.6 Å². The van der Waals surface area contributed by atoms with E-state index in [4.69, 9.17) is 10.2 Å². The van der Waals surface area contributed by atoms with Crippen LogP contribution in [-0.2, 0) is 0 Å². The summed E-state index contributed by atoms with van der Waals surface area (Å²) in [4.78, 5) is 12.3. The molecule has 1 heterocycles. The molecule has 18 heavy (non-hydrogen) atoms. The molecule has 1 amide bonds. The minimum atomic E-state index is -0.0211. The Morgan fingerprint density at radius 1 is 1.33 bits per heavy atom. The number of carbonyl (C=O) groups excluding carboxylic acids is 1. The molecule has 0 aliphatic heterocycles. The Balaban J connectivity index is 2.12. The minimum absolute atomic E-state index is 0.0211. The van der Waals surface area contributed by atoms with Crippen molar-refractivity contribution in [1.82, 2.24) is 5.32 Å². The van der Waals surface area contributed by atoms with Gasteiger partial charge in [0.15, 0.2) is 0 Å². The first-order valence-electron chi connectivity index (χ1n) is 6.62. The zero-order valence-corrected chi connectivity index (χ0v) is 11.4. The fourth-order valence-corrected chi connectivity index (χ4v) is 2.88. The molecule has 1 aliphatic carbocycles. The minimum Gasteiger partial charge on any atom is -0.466 e. The van der Waals surface area contributed by atoms with Crippen LogP contribution in [0.15, 0.2) is 4.42 Å². The van der Waals surface area contributed by atoms with Crippen molar-refractivity contribution >= 4 is 5.91 Å². The summed E-state index contributed by atoms with van der Waals surface area (Å²) >= 11 is 0. The molecule has 2 unspecified atom stereocenters. The van der Waals surface area contributed by atoms with Crippen LogP contribution < -0.4 is 11.1 Å². The smallest absolute Gasteiger partial charge is 0.255 e. The van der Waals surface area contributed by atoms with Gasteiger partial charge in [-0.15, -0.1) is 0 Å². The van der Waals surface area contributed by atoms with Crippen molar-refractivity contribution < 1.29 is 9.21 Å². The summed E-state index contributed by atoms with van der Waals surface area (Å²) in [5, 5.41) is 3.11. The number of carbonyl (C=O) groups is 1. The van der Waals surface area contributed by atoms with Crippen LogP contribution in [0.25, 0.3) is 0 Å². The van der Waals surface area contributed by atoms with E-state index in [0.717, 1.165) is 30.6 Å². The Hall–Kier alpha value is -1.29. The maximum Gasteiger partial charge on any atom is 0.255 e. The lowest BCUT2D eigenvalue weighted by atomic mass is 10.0. The zero-order valence-electron chi connectivity index (χ0n) is 11.4. The van der Waals surface area contributed by atoms with Crippen molar-refractivity contribution in [3.05, 3.63) is 22.6 Å². The van der Waals surface area contributed by atoms with Crippen LogP contribution in [-0.4, -0.2) is 18.5 Å². The number of furan rings is 1. The molecule has 0 saturated heterocycles. The number of amides is 1. The van der Waals surface area contributed by atoms with E-state index in [1.54, 1.807) is 0 Å². The first-order valence-corrected chi connectivity index (χ1v) is 6.62. The van der Waals surface area contributed by atoms with Gasteiger partial charge in [0.2, 0.25) is 0 Å². The van der Waals surface area contributed by atoms with Crippen LogP contribution in [0.4, 0.5) is 0 Å². The summed E-state index contributed by atoms with van der Waals surface area (Å²) < 4.78 is 5.50. The van der Waals surface area contributed by atoms with E-state index < -0.39 is 0 Å². The number of hydrogen-bond acceptors (Lipinski definition) is 3. The van der Waals surface area contributed by atoms with Crippen LogP contribution in [0.5, 0.6) is 0 Å². The van der Waals surface area contributed by atoms with E-state index in [-0.39, 0.29) is 11.9 Å². The summed E-state index contributed by atoms with van der Waals surface area (Å²) in [5.41, 5.74) is 7.36. The second kappa shape index (κ2) is 5.14. The van der Waals surface area contributed by atoms with Gasteiger partial charge in [-0.25, -0.2) is 0 Å². The third-order valence-electron chi connectivity index (χ3n) is 4.07. The monoisotopic (exact) mass is 250 g/mol. The van der Waals surface area contributed by atoms with E-state index in [1.165, 1.54) is 0 Å². The predicted octanol–water partition coefficient (Wildman–Crippen LogP) is 2.06. The molecule has 1 aliphatic rings. The van der Waals surface area contributed by atoms with Gasteiger partial charge in [-0.2, -0.15) is 0 Å². The second-order valence-electron chi connectivity index (χ2n) is 5.22. The Morgan fingerprint density at radius 2 is 2.06 bits per heavy atom. The van der Waals surface area contributed by atoms with E-state index in [0.29, 0.717) is 23.8 Å². The number of nitrogens with two attached hydrogens (primary N) is 1. The average Bonchev–Trinajstić information content (AvgIpc) is 2.85. The van der Waals surface area contributed by atoms with Crippen molar-refractivity contribution in [2.75, 3.05) is 6.54 Å². The van der Waals surface area contributed by atoms with Gasteiger partial charge in [-0.1, -0.05) is 6.42 Å². The number of aryl methyl sites for hydroxylation is 2. The van der Waals surface area contributed by atoms with Gasteiger partial charge in [0.05, 0.1) is 5.56 Å². The molecule has 0 bridgehead atoms. The average molecular weight is 250 g/mol. The van der Waals surface area contributed by atoms with Crippen LogP contribution in [0.3, 0.4) is 0 Å². The summed E-state index contributed by atoms with van der Waals surface area (Å²) in [6.45, 7) is 6.30. The quantitative estimate of drug-likeness (QED) is 0.862. The van der Waals surface area contributed by atoms with Crippen LogP contribution in [0.2, 0.25) is 0 Å². The number of hydrogen-bond donors (Lipinski definition) is 2. The maximum atomic E-state index is 12.3. The third-order valence-corrected chi connectivity index (χ3v) is 4.07. The van der Waals surface area contributed by atoms with Crippen LogP contribution in [0, 0.1) is 26.7 Å². The predicted molar refractivity (Wildman–Crippen MR) is 70.6 cm³/mol. The van der Waals surface area contributed by atoms with Gasteiger partial charge in [0.25, 0.3) is 5.91 Å². The molecule has 1 aromatic heterocycles. The van der Waals surface area contributed by atoms with Crippen molar-refractivity contribution in [2.24, 2.45) is 11.7 Å². The summed E-state index contributed by atoms with van der Waals surface area (Å²) in [6.07, 6.45) is 3.29. The van der Waals surface area contributed by atoms with E-state index in [1.807, 2.05) is 20.8 Å². The first kappa shape index (κ1) is 13.1. The Morgan fingerprint density at radius 3 is 2.61 bits per heavy atom. The van der Waals surface area contributed by atoms with Crippen LogP contribution >= 0.6 is 0 Å². The molecule has 2 rings (SSSR count). The Bertz CT molecular complexity index is 451. The molecule has 1 fully saturated rings. The molecule has 0 aromatic carbocycles. The zero-order chi connectivity index (χ0) is 13.3. The normalized spacial score (nSPS) is 23.3. The van der Waals surface area contributed by atoms with Gasteiger partial charge in [-0.3, -0.25) is 4.79 Å². The Labute approximate surface area is 108 Å². The van der Waals surface area contributed by atoms with Crippen molar-refractivity contribution in [3.8, 4) is 0 Å². The van der Waals surface area contributed by atoms with Crippen molar-refractivity contribution in [2.45, 2.75) is 46.1 Å². The molecule has 0 radical (unpaired) electrons. The van der Waals surface area contributed by atoms with Crippen LogP contribution in [0.1, 0.15) is 46.7 Å². The lowest BCUT2D eigenvalue weighted by Gasteiger charge is -2.19. The summed E-state index contributed by atoms with van der Waals surface area (Å²) in [5.74, 6) is 1.92. The molecule has 100 valence electrons. The highest BCUT2D eigenvalue weighted by atomic mass is 16.3. The van der Waals surface area contributed by atoms with E-state index in [9.17, 15) is 4.79 Å². The van der Waals surface area contributed by atoms with Gasteiger partial charge < -0.3 is 15.5 Å². The van der Waals surface area contributed by atoms with E-state index >= 15 is 0 Å². The SMILES string of the molecule is Cc1oc(C)c(C(=O)NC2CCCC2CN)c1C. The lowest BCUT2D eigenvalue weighted by Crippen LogP contribution is -2.40. The lowest BCUT2D eigenvalue weighted by molar-refractivity contribution is 0.0926. The van der Waals surface area contributed by atoms with E-state index in [2.05, 4.69) is 5.32 Å². The maximum absolute atomic E-state index is 12.3. The van der Waals surface area contributed by atoms with Crippen molar-refractivity contribution in [1.29, 1.82) is 0 Å². The summed E-state index contributed by atoms with van der Waals surface area (Å²) in [7, 11) is 0. The molecule has 4 heteroatoms. The molecule has 0 spiro atoms. The summed E-state index contributed by atoms with van der Waals surface area (Å²) in [6, 6.07) is 0.219. The van der Waals surface area contributed by atoms with Gasteiger partial charge in [-0.05, 0) is 46.1 Å². The van der Waals surface area contributed by atoms with Gasteiger partial charge in [0.1, 0.15) is 11.5 Å². The topological polar surface area (TPSA) is 68.3 Å². The largest absolute Gasteiger partial charge is 0.466 e. The molecule has 1 aromatic rings. The third kappa shape index (κ3) is 2.29. The standard InChI is InChI=1S/C14H22N2O2/c1-8-9(2)18-10(3)13(8)14(17)16-12-6-4-5-11(12)7-15/h11-12H,4-7,15H2,1-3H3,(H,16,17). The first-order chi connectivity index (χ1) is 8.54. The number of nitrogens with one attached hydrogen (secondary N) is 1.